The number of ether oxygens (including phenoxy) is 1. The van der Waals surface area contributed by atoms with E-state index in [2.05, 4.69) is 20.5 Å². The highest BCUT2D eigenvalue weighted by molar-refractivity contribution is 8.00. The van der Waals surface area contributed by atoms with Crippen LogP contribution in [-0.2, 0) is 18.4 Å². The summed E-state index contributed by atoms with van der Waals surface area (Å²) in [6, 6.07) is 7.82. The minimum atomic E-state index is -0.327. The van der Waals surface area contributed by atoms with Crippen molar-refractivity contribution in [1.29, 1.82) is 0 Å². The van der Waals surface area contributed by atoms with Crippen molar-refractivity contribution in [2.75, 3.05) is 5.32 Å². The van der Waals surface area contributed by atoms with Crippen molar-refractivity contribution in [3.8, 4) is 5.75 Å². The first-order valence-corrected chi connectivity index (χ1v) is 9.74. The van der Waals surface area contributed by atoms with Crippen molar-refractivity contribution in [2.24, 2.45) is 7.05 Å². The molecule has 0 spiro atoms. The zero-order chi connectivity index (χ0) is 18.5. The van der Waals surface area contributed by atoms with E-state index in [1.807, 2.05) is 55.1 Å². The first kappa shape index (κ1) is 18.4. The highest BCUT2D eigenvalue weighted by atomic mass is 32.2. The van der Waals surface area contributed by atoms with Crippen LogP contribution in [0, 0.1) is 6.92 Å². The zero-order valence-corrected chi connectivity index (χ0v) is 16.3. The Balaban J connectivity index is 1.59. The molecular weight excluding hydrogens is 370 g/mol. The Morgan fingerprint density at radius 2 is 2.19 bits per heavy atom. The summed E-state index contributed by atoms with van der Waals surface area (Å²) >= 11 is 2.73. The molecule has 3 rings (SSSR count). The van der Waals surface area contributed by atoms with Crippen LogP contribution < -0.4 is 10.1 Å². The summed E-state index contributed by atoms with van der Waals surface area (Å²) in [5.74, 6) is 1.40. The second-order valence-corrected chi connectivity index (χ2v) is 7.80. The molecule has 0 radical (unpaired) electrons. The lowest BCUT2D eigenvalue weighted by Gasteiger charge is -2.11. The van der Waals surface area contributed by atoms with Gasteiger partial charge in [-0.1, -0.05) is 30.0 Å². The third kappa shape index (κ3) is 4.41. The van der Waals surface area contributed by atoms with Crippen LogP contribution in [-0.4, -0.2) is 30.9 Å². The number of hydrogen-bond acceptors (Lipinski definition) is 7. The first-order valence-electron chi connectivity index (χ1n) is 7.98. The summed E-state index contributed by atoms with van der Waals surface area (Å²) < 4.78 is 7.66. The Kier molecular flexibility index (Phi) is 5.89. The quantitative estimate of drug-likeness (QED) is 0.625. The number of para-hydroxylation sites is 1. The van der Waals surface area contributed by atoms with Crippen LogP contribution in [0.15, 0.2) is 41.0 Å². The number of aryl methyl sites for hydroxylation is 1. The van der Waals surface area contributed by atoms with Crippen molar-refractivity contribution in [3.05, 3.63) is 47.2 Å². The predicted molar refractivity (Wildman–Crippen MR) is 103 cm³/mol. The monoisotopic (exact) mass is 389 g/mol. The molecule has 0 aliphatic heterocycles. The molecule has 26 heavy (non-hydrogen) atoms. The van der Waals surface area contributed by atoms with Gasteiger partial charge in [-0.15, -0.1) is 21.5 Å². The number of nitrogens with one attached hydrogen (secondary N) is 1. The van der Waals surface area contributed by atoms with Gasteiger partial charge in [0.15, 0.2) is 16.1 Å². The molecule has 1 amide bonds. The van der Waals surface area contributed by atoms with Gasteiger partial charge in [0.1, 0.15) is 12.4 Å². The van der Waals surface area contributed by atoms with Crippen LogP contribution in [0.1, 0.15) is 18.3 Å². The number of anilines is 1. The molecule has 3 aromatic rings. The largest absolute Gasteiger partial charge is 0.485 e. The number of hydrogen-bond donors (Lipinski definition) is 1. The average Bonchev–Trinajstić information content (AvgIpc) is 3.25. The third-order valence-corrected chi connectivity index (χ3v) is 5.51. The SMILES string of the molecule is Cc1ccccc1OCc1nnc(S[C@@H](C)C(=O)Nc2nccs2)n1C. The average molecular weight is 390 g/mol. The molecule has 0 bridgehead atoms. The molecule has 1 aromatic carbocycles. The first-order chi connectivity index (χ1) is 12.5. The lowest BCUT2D eigenvalue weighted by Crippen LogP contribution is -2.22. The fourth-order valence-corrected chi connectivity index (χ4v) is 3.50. The van der Waals surface area contributed by atoms with E-state index in [0.717, 1.165) is 11.3 Å². The molecule has 136 valence electrons. The number of rotatable bonds is 7. The molecule has 0 aliphatic rings. The van der Waals surface area contributed by atoms with Crippen LogP contribution in [0.25, 0.3) is 0 Å². The fourth-order valence-electron chi connectivity index (χ4n) is 2.14. The van der Waals surface area contributed by atoms with Crippen LogP contribution in [0.5, 0.6) is 5.75 Å². The van der Waals surface area contributed by atoms with Crippen LogP contribution in [0.3, 0.4) is 0 Å². The minimum Gasteiger partial charge on any atom is -0.485 e. The Morgan fingerprint density at radius 1 is 1.38 bits per heavy atom. The molecule has 0 fully saturated rings. The molecule has 0 saturated heterocycles. The highest BCUT2D eigenvalue weighted by Gasteiger charge is 2.19. The Bertz CT molecular complexity index is 879. The number of nitrogens with zero attached hydrogens (tertiary/aromatic N) is 4. The summed E-state index contributed by atoms with van der Waals surface area (Å²) in [7, 11) is 1.87. The standard InChI is InChI=1S/C17H19N5O2S2/c1-11-6-4-5-7-13(11)24-10-14-20-21-17(22(14)3)26-12(2)15(23)19-16-18-8-9-25-16/h4-9,12H,10H2,1-3H3,(H,18,19,23)/t12-/m0/s1. The molecule has 0 saturated carbocycles. The van der Waals surface area contributed by atoms with E-state index in [1.54, 1.807) is 6.20 Å². The number of carbonyl (C=O) groups excluding carboxylic acids is 1. The number of amides is 1. The van der Waals surface area contributed by atoms with Gasteiger partial charge in [-0.2, -0.15) is 0 Å². The van der Waals surface area contributed by atoms with Gasteiger partial charge in [-0.25, -0.2) is 4.98 Å². The van der Waals surface area contributed by atoms with Gasteiger partial charge < -0.3 is 14.6 Å². The van der Waals surface area contributed by atoms with E-state index >= 15 is 0 Å². The maximum Gasteiger partial charge on any atom is 0.239 e. The molecule has 1 atom stereocenters. The van der Waals surface area contributed by atoms with Gasteiger partial charge in [0.05, 0.1) is 5.25 Å². The second kappa shape index (κ2) is 8.33. The van der Waals surface area contributed by atoms with Crippen molar-refractivity contribution >= 4 is 34.1 Å². The normalized spacial score (nSPS) is 12.0. The molecule has 9 heteroatoms. The van der Waals surface area contributed by atoms with Gasteiger partial charge in [-0.05, 0) is 25.5 Å². The maximum absolute atomic E-state index is 12.2. The third-order valence-electron chi connectivity index (χ3n) is 3.69. The van der Waals surface area contributed by atoms with Crippen molar-refractivity contribution in [2.45, 2.75) is 30.9 Å². The van der Waals surface area contributed by atoms with Gasteiger partial charge in [-0.3, -0.25) is 4.79 Å². The molecule has 2 heterocycles. The van der Waals surface area contributed by atoms with Gasteiger partial charge in [0.25, 0.3) is 0 Å². The van der Waals surface area contributed by atoms with Crippen molar-refractivity contribution < 1.29 is 9.53 Å². The lowest BCUT2D eigenvalue weighted by atomic mass is 10.2. The number of benzene rings is 1. The Labute approximate surface area is 159 Å². The molecular formula is C17H19N5O2S2. The summed E-state index contributed by atoms with van der Waals surface area (Å²) in [4.78, 5) is 16.3. The Morgan fingerprint density at radius 3 is 2.92 bits per heavy atom. The Hall–Kier alpha value is -2.39. The summed E-state index contributed by atoms with van der Waals surface area (Å²) in [5.41, 5.74) is 1.07. The van der Waals surface area contributed by atoms with E-state index in [1.165, 1.54) is 23.1 Å². The molecule has 1 N–H and O–H groups in total. The predicted octanol–water partition coefficient (Wildman–Crippen LogP) is 3.28. The van der Waals surface area contributed by atoms with Crippen LogP contribution in [0.4, 0.5) is 5.13 Å². The van der Waals surface area contributed by atoms with E-state index in [0.29, 0.717) is 22.7 Å². The van der Waals surface area contributed by atoms with E-state index in [4.69, 9.17) is 4.74 Å². The van der Waals surface area contributed by atoms with Crippen LogP contribution in [0.2, 0.25) is 0 Å². The smallest absolute Gasteiger partial charge is 0.239 e. The van der Waals surface area contributed by atoms with Crippen molar-refractivity contribution in [3.63, 3.8) is 0 Å². The summed E-state index contributed by atoms with van der Waals surface area (Å²) in [6.07, 6.45) is 1.65. The van der Waals surface area contributed by atoms with Gasteiger partial charge >= 0.3 is 0 Å². The lowest BCUT2D eigenvalue weighted by molar-refractivity contribution is -0.115. The molecule has 0 aliphatic carbocycles. The zero-order valence-electron chi connectivity index (χ0n) is 14.7. The van der Waals surface area contributed by atoms with Gasteiger partial charge in [0, 0.05) is 18.6 Å². The summed E-state index contributed by atoms with van der Waals surface area (Å²) in [6.45, 7) is 4.14. The number of carbonyl (C=O) groups is 1. The van der Waals surface area contributed by atoms with E-state index in [-0.39, 0.29) is 11.2 Å². The van der Waals surface area contributed by atoms with E-state index in [9.17, 15) is 4.79 Å². The van der Waals surface area contributed by atoms with Crippen molar-refractivity contribution in [1.82, 2.24) is 19.7 Å². The summed E-state index contributed by atoms with van der Waals surface area (Å²) in [5, 5.41) is 13.9. The topological polar surface area (TPSA) is 81.9 Å². The number of thiazole rings is 1. The van der Waals surface area contributed by atoms with E-state index < -0.39 is 0 Å². The molecule has 0 unspecified atom stereocenters. The highest BCUT2D eigenvalue weighted by Crippen LogP contribution is 2.24. The van der Waals surface area contributed by atoms with Crippen LogP contribution >= 0.6 is 23.1 Å². The second-order valence-electron chi connectivity index (χ2n) is 5.60. The fraction of sp³-hybridized carbons (Fsp3) is 0.294. The number of thioether (sulfide) groups is 1. The maximum atomic E-state index is 12.2. The number of aromatic nitrogens is 4. The molecule has 2 aromatic heterocycles. The minimum absolute atomic E-state index is 0.120. The molecule has 7 nitrogen and oxygen atoms in total. The van der Waals surface area contributed by atoms with Gasteiger partial charge in [0.2, 0.25) is 5.91 Å².